The quantitative estimate of drug-likeness (QED) is 0.749. The highest BCUT2D eigenvalue weighted by Crippen LogP contribution is 2.33. The van der Waals surface area contributed by atoms with Gasteiger partial charge in [0.05, 0.1) is 0 Å². The van der Waals surface area contributed by atoms with Crippen molar-refractivity contribution in [2.75, 3.05) is 11.4 Å². The van der Waals surface area contributed by atoms with Crippen LogP contribution in [0.3, 0.4) is 0 Å². The zero-order chi connectivity index (χ0) is 14.5. The summed E-state index contributed by atoms with van der Waals surface area (Å²) in [5.74, 6) is 0. The van der Waals surface area contributed by atoms with E-state index in [0.29, 0.717) is 6.04 Å². The molecule has 21 heavy (non-hydrogen) atoms. The van der Waals surface area contributed by atoms with Crippen LogP contribution in [-0.2, 0) is 6.42 Å². The maximum absolute atomic E-state index is 2.57. The number of hydrogen-bond donors (Lipinski definition) is 0. The minimum absolute atomic E-state index is 0.660. The van der Waals surface area contributed by atoms with Crippen molar-refractivity contribution < 1.29 is 0 Å². The van der Waals surface area contributed by atoms with Crippen LogP contribution in [0.25, 0.3) is 6.08 Å². The molecule has 0 bridgehead atoms. The normalized spacial score (nSPS) is 17.4. The highest BCUT2D eigenvalue weighted by atomic mass is 15.2. The number of anilines is 1. The molecule has 1 atom stereocenters. The van der Waals surface area contributed by atoms with Crippen molar-refractivity contribution in [3.05, 3.63) is 71.8 Å². The summed E-state index contributed by atoms with van der Waals surface area (Å²) < 4.78 is 0. The summed E-state index contributed by atoms with van der Waals surface area (Å²) in [6.07, 6.45) is 8.23. The van der Waals surface area contributed by atoms with Gasteiger partial charge in [0.25, 0.3) is 0 Å². The molecule has 1 heteroatoms. The molecule has 0 saturated heterocycles. The fourth-order valence-electron chi connectivity index (χ4n) is 3.23. The molecule has 0 amide bonds. The molecule has 0 aromatic heterocycles. The summed E-state index contributed by atoms with van der Waals surface area (Å²) >= 11 is 0. The summed E-state index contributed by atoms with van der Waals surface area (Å²) in [6, 6.07) is 20.1. The maximum atomic E-state index is 2.57. The molecule has 108 valence electrons. The Hall–Kier alpha value is -2.02. The molecule has 2 aromatic rings. The smallest absolute Gasteiger partial charge is 0.0404 e. The fraction of sp³-hybridized carbons (Fsp3) is 0.300. The van der Waals surface area contributed by atoms with Gasteiger partial charge in [0, 0.05) is 18.3 Å². The van der Waals surface area contributed by atoms with Crippen LogP contribution in [-0.4, -0.2) is 12.6 Å². The van der Waals surface area contributed by atoms with Crippen molar-refractivity contribution in [1.82, 2.24) is 0 Å². The molecule has 0 fully saturated rings. The molecule has 1 aliphatic rings. The third kappa shape index (κ3) is 3.18. The molecule has 1 nitrogen and oxygen atoms in total. The predicted octanol–water partition coefficient (Wildman–Crippen LogP) is 4.93. The highest BCUT2D eigenvalue weighted by Gasteiger charge is 2.26. The van der Waals surface area contributed by atoms with Gasteiger partial charge >= 0.3 is 0 Å². The van der Waals surface area contributed by atoms with Gasteiger partial charge in [-0.15, -0.1) is 0 Å². The van der Waals surface area contributed by atoms with E-state index in [4.69, 9.17) is 0 Å². The third-order valence-corrected chi connectivity index (χ3v) is 4.23. The second kappa shape index (κ2) is 6.62. The largest absolute Gasteiger partial charge is 0.364 e. The molecule has 0 spiro atoms. The molecule has 3 rings (SSSR count). The van der Waals surface area contributed by atoms with E-state index in [1.54, 1.807) is 0 Å². The molecule has 0 aliphatic carbocycles. The number of hydrogen-bond acceptors (Lipinski definition) is 1. The molecule has 0 unspecified atom stereocenters. The predicted molar refractivity (Wildman–Crippen MR) is 91.7 cm³/mol. The van der Waals surface area contributed by atoms with Crippen molar-refractivity contribution in [2.45, 2.75) is 32.2 Å². The first-order valence-corrected chi connectivity index (χ1v) is 7.94. The van der Waals surface area contributed by atoms with Gasteiger partial charge < -0.3 is 4.90 Å². The zero-order valence-electron chi connectivity index (χ0n) is 12.7. The molecular formula is C20H23N. The van der Waals surface area contributed by atoms with E-state index in [9.17, 15) is 0 Å². The molecule has 0 saturated carbocycles. The first-order valence-electron chi connectivity index (χ1n) is 7.94. The Labute approximate surface area is 127 Å². The van der Waals surface area contributed by atoms with Crippen LogP contribution < -0.4 is 4.90 Å². The van der Waals surface area contributed by atoms with Gasteiger partial charge in [-0.2, -0.15) is 0 Å². The third-order valence-electron chi connectivity index (χ3n) is 4.23. The van der Waals surface area contributed by atoms with Crippen LogP contribution in [0.4, 0.5) is 5.69 Å². The average Bonchev–Trinajstić information content (AvgIpc) is 2.87. The Balaban J connectivity index is 1.74. The van der Waals surface area contributed by atoms with Gasteiger partial charge in [-0.3, -0.25) is 0 Å². The lowest BCUT2D eigenvalue weighted by Crippen LogP contribution is -2.31. The van der Waals surface area contributed by atoms with Gasteiger partial charge in [-0.05, 0) is 30.0 Å². The first-order chi connectivity index (χ1) is 10.4. The summed E-state index contributed by atoms with van der Waals surface area (Å²) in [7, 11) is 0. The van der Waals surface area contributed by atoms with E-state index < -0.39 is 0 Å². The van der Waals surface area contributed by atoms with Crippen LogP contribution in [0.1, 0.15) is 30.9 Å². The topological polar surface area (TPSA) is 3.24 Å². The number of benzene rings is 2. The summed E-state index contributed by atoms with van der Waals surface area (Å²) in [4.78, 5) is 2.57. The molecule has 0 N–H and O–H groups in total. The van der Waals surface area contributed by atoms with Gasteiger partial charge in [0.15, 0.2) is 0 Å². The second-order valence-corrected chi connectivity index (χ2v) is 5.74. The Morgan fingerprint density at radius 3 is 2.62 bits per heavy atom. The highest BCUT2D eigenvalue weighted by molar-refractivity contribution is 5.60. The van der Waals surface area contributed by atoms with Crippen molar-refractivity contribution in [1.29, 1.82) is 0 Å². The Bertz CT molecular complexity index is 600. The number of para-hydroxylation sites is 1. The van der Waals surface area contributed by atoms with Crippen molar-refractivity contribution >= 4 is 11.8 Å². The lowest BCUT2D eigenvalue weighted by atomic mass is 10.1. The van der Waals surface area contributed by atoms with Crippen molar-refractivity contribution in [3.63, 3.8) is 0 Å². The summed E-state index contributed by atoms with van der Waals surface area (Å²) in [5, 5.41) is 0. The maximum Gasteiger partial charge on any atom is 0.0404 e. The Morgan fingerprint density at radius 1 is 1.05 bits per heavy atom. The number of rotatable bonds is 5. The molecule has 1 aliphatic heterocycles. The monoisotopic (exact) mass is 277 g/mol. The summed E-state index contributed by atoms with van der Waals surface area (Å²) in [6.45, 7) is 3.28. The van der Waals surface area contributed by atoms with E-state index in [2.05, 4.69) is 78.6 Å². The van der Waals surface area contributed by atoms with Crippen molar-refractivity contribution in [3.8, 4) is 0 Å². The standard InChI is InChI=1S/C20H23N/c1-2-9-19-16-18-13-6-7-14-20(18)21(19)15-8-12-17-10-4-3-5-11-17/h3-8,10-14,19H,2,9,15-16H2,1H3/b12-8+/t19-/m0/s1. The van der Waals surface area contributed by atoms with Gasteiger partial charge in [0.2, 0.25) is 0 Å². The molecule has 1 heterocycles. The van der Waals surface area contributed by atoms with Crippen LogP contribution in [0.15, 0.2) is 60.7 Å². The average molecular weight is 277 g/mol. The SMILES string of the molecule is CCC[C@H]1Cc2ccccc2N1C/C=C/c1ccccc1. The number of fused-ring (bicyclic) bond motifs is 1. The molecular weight excluding hydrogens is 254 g/mol. The van der Waals surface area contributed by atoms with E-state index >= 15 is 0 Å². The minimum Gasteiger partial charge on any atom is -0.364 e. The zero-order valence-corrected chi connectivity index (χ0v) is 12.7. The minimum atomic E-state index is 0.660. The lowest BCUT2D eigenvalue weighted by Gasteiger charge is -2.26. The van der Waals surface area contributed by atoms with E-state index in [1.807, 2.05) is 0 Å². The Kier molecular flexibility index (Phi) is 4.40. The fourth-order valence-corrected chi connectivity index (χ4v) is 3.23. The first kappa shape index (κ1) is 13.9. The lowest BCUT2D eigenvalue weighted by molar-refractivity contribution is 0.585. The molecule has 2 aromatic carbocycles. The van der Waals surface area contributed by atoms with Gasteiger partial charge in [-0.25, -0.2) is 0 Å². The van der Waals surface area contributed by atoms with E-state index in [0.717, 1.165) is 6.54 Å². The van der Waals surface area contributed by atoms with Gasteiger partial charge in [-0.1, -0.05) is 74.0 Å². The Morgan fingerprint density at radius 2 is 1.81 bits per heavy atom. The van der Waals surface area contributed by atoms with Crippen LogP contribution in [0, 0.1) is 0 Å². The van der Waals surface area contributed by atoms with Crippen molar-refractivity contribution in [2.24, 2.45) is 0 Å². The van der Waals surface area contributed by atoms with Crippen LogP contribution in [0.2, 0.25) is 0 Å². The van der Waals surface area contributed by atoms with Crippen LogP contribution >= 0.6 is 0 Å². The van der Waals surface area contributed by atoms with Gasteiger partial charge in [0.1, 0.15) is 0 Å². The second-order valence-electron chi connectivity index (χ2n) is 5.74. The molecule has 0 radical (unpaired) electrons. The van der Waals surface area contributed by atoms with E-state index in [-0.39, 0.29) is 0 Å². The van der Waals surface area contributed by atoms with Crippen LogP contribution in [0.5, 0.6) is 0 Å². The van der Waals surface area contributed by atoms with E-state index in [1.165, 1.54) is 36.1 Å². The summed E-state index contributed by atoms with van der Waals surface area (Å²) in [5.41, 5.74) is 4.20. The number of nitrogens with zero attached hydrogens (tertiary/aromatic N) is 1.